The lowest BCUT2D eigenvalue weighted by Gasteiger charge is -2.33. The standard InChI is InChI=1S/C32H29F2N9O/c33-24-2-7-28(29(34)19-24)31(44)41-16-10-22(11-17-41)18-27(8-12-35)43-21-23(20-38-43)30-9-14-36-32(40-30)39-25-3-5-26(6-4-25)42-15-1-13-37-42/h1-7,9,13-15,19-22,27H,8,10-11,16-18H2,(H,36,39,40). The molecule has 1 N–H and O–H groups in total. The molecule has 2 aromatic carbocycles. The molecule has 1 saturated heterocycles. The van der Waals surface area contributed by atoms with E-state index in [2.05, 4.69) is 31.6 Å². The fraction of sp³-hybridized carbons (Fsp3) is 0.250. The van der Waals surface area contributed by atoms with Gasteiger partial charge in [0, 0.05) is 55.2 Å². The number of rotatable bonds is 9. The summed E-state index contributed by atoms with van der Waals surface area (Å²) in [5.41, 5.74) is 3.14. The number of carbonyl (C=O) groups is 1. The van der Waals surface area contributed by atoms with Crippen LogP contribution in [0.15, 0.2) is 85.6 Å². The van der Waals surface area contributed by atoms with Crippen molar-refractivity contribution in [3.05, 3.63) is 103 Å². The molecule has 1 amide bonds. The van der Waals surface area contributed by atoms with Crippen molar-refractivity contribution in [3.63, 3.8) is 0 Å². The highest BCUT2D eigenvalue weighted by Crippen LogP contribution is 2.30. The lowest BCUT2D eigenvalue weighted by Crippen LogP contribution is -2.39. The Morgan fingerprint density at radius 1 is 1.07 bits per heavy atom. The van der Waals surface area contributed by atoms with Gasteiger partial charge in [-0.25, -0.2) is 23.4 Å². The lowest BCUT2D eigenvalue weighted by atomic mass is 9.89. The van der Waals surface area contributed by atoms with E-state index in [-0.39, 0.29) is 23.9 Å². The molecule has 4 heterocycles. The van der Waals surface area contributed by atoms with E-state index >= 15 is 0 Å². The normalized spacial score (nSPS) is 14.2. The number of hydrogen-bond acceptors (Lipinski definition) is 7. The van der Waals surface area contributed by atoms with Gasteiger partial charge in [0.1, 0.15) is 11.6 Å². The molecule has 12 heteroatoms. The molecule has 3 aromatic heterocycles. The van der Waals surface area contributed by atoms with Gasteiger partial charge in [-0.05, 0) is 73.7 Å². The zero-order valence-corrected chi connectivity index (χ0v) is 23.7. The van der Waals surface area contributed by atoms with Crippen molar-refractivity contribution in [2.24, 2.45) is 5.92 Å². The van der Waals surface area contributed by atoms with Crippen molar-refractivity contribution < 1.29 is 13.6 Å². The minimum absolute atomic E-state index is 0.123. The monoisotopic (exact) mass is 593 g/mol. The molecule has 44 heavy (non-hydrogen) atoms. The number of likely N-dealkylation sites (tertiary alicyclic amines) is 1. The van der Waals surface area contributed by atoms with Gasteiger partial charge in [0.05, 0.1) is 41.7 Å². The van der Waals surface area contributed by atoms with Crippen molar-refractivity contribution in [2.45, 2.75) is 31.7 Å². The molecule has 10 nitrogen and oxygen atoms in total. The molecule has 0 radical (unpaired) electrons. The number of hydrogen-bond donors (Lipinski definition) is 1. The molecular formula is C32H29F2N9O. The number of carbonyl (C=O) groups excluding carboxylic acids is 1. The van der Waals surface area contributed by atoms with Crippen LogP contribution in [0.2, 0.25) is 0 Å². The molecule has 6 rings (SSSR count). The molecule has 222 valence electrons. The molecule has 1 aliphatic rings. The van der Waals surface area contributed by atoms with E-state index in [1.807, 2.05) is 53.5 Å². The predicted molar refractivity (Wildman–Crippen MR) is 159 cm³/mol. The summed E-state index contributed by atoms with van der Waals surface area (Å²) in [5, 5.41) is 21.6. The van der Waals surface area contributed by atoms with Crippen LogP contribution in [0.25, 0.3) is 16.9 Å². The summed E-state index contributed by atoms with van der Waals surface area (Å²) in [6.45, 7) is 0.930. The Bertz CT molecular complexity index is 1770. The van der Waals surface area contributed by atoms with Crippen LogP contribution in [-0.2, 0) is 0 Å². The number of piperidine rings is 1. The van der Waals surface area contributed by atoms with Gasteiger partial charge in [-0.3, -0.25) is 9.48 Å². The van der Waals surface area contributed by atoms with Gasteiger partial charge in [0.15, 0.2) is 0 Å². The Hall–Kier alpha value is -5.44. The fourth-order valence-corrected chi connectivity index (χ4v) is 5.48. The SMILES string of the molecule is N#CCC(CC1CCN(C(=O)c2ccc(F)cc2F)CC1)n1cc(-c2ccnc(Nc3ccc(-n4cccn4)cc3)n2)cn1. The number of nitrogens with zero attached hydrogens (tertiary/aromatic N) is 8. The second-order valence-corrected chi connectivity index (χ2v) is 10.7. The number of amides is 1. The Morgan fingerprint density at radius 3 is 2.61 bits per heavy atom. The van der Waals surface area contributed by atoms with Gasteiger partial charge >= 0.3 is 0 Å². The Labute approximate surface area is 252 Å². The summed E-state index contributed by atoms with van der Waals surface area (Å²) < 4.78 is 31.0. The lowest BCUT2D eigenvalue weighted by molar-refractivity contribution is 0.0674. The maximum absolute atomic E-state index is 14.1. The van der Waals surface area contributed by atoms with Crippen LogP contribution in [0, 0.1) is 28.9 Å². The third kappa shape index (κ3) is 6.47. The van der Waals surface area contributed by atoms with Gasteiger partial charge < -0.3 is 10.2 Å². The van der Waals surface area contributed by atoms with Crippen molar-refractivity contribution in [1.29, 1.82) is 5.26 Å². The maximum atomic E-state index is 14.1. The maximum Gasteiger partial charge on any atom is 0.256 e. The van der Waals surface area contributed by atoms with Crippen LogP contribution in [0.3, 0.4) is 0 Å². The van der Waals surface area contributed by atoms with E-state index in [0.717, 1.165) is 29.1 Å². The molecule has 1 unspecified atom stereocenters. The number of nitrogens with one attached hydrogen (secondary N) is 1. The van der Waals surface area contributed by atoms with E-state index in [9.17, 15) is 18.8 Å². The molecule has 5 aromatic rings. The van der Waals surface area contributed by atoms with Crippen molar-refractivity contribution >= 4 is 17.5 Å². The summed E-state index contributed by atoms with van der Waals surface area (Å²) in [4.78, 5) is 23.4. The number of nitriles is 1. The molecule has 0 bridgehead atoms. The van der Waals surface area contributed by atoms with E-state index in [0.29, 0.717) is 44.0 Å². The highest BCUT2D eigenvalue weighted by Gasteiger charge is 2.28. The van der Waals surface area contributed by atoms with Crippen LogP contribution in [-0.4, -0.2) is 53.4 Å². The van der Waals surface area contributed by atoms with Crippen LogP contribution >= 0.6 is 0 Å². The first kappa shape index (κ1) is 28.7. The second-order valence-electron chi connectivity index (χ2n) is 10.7. The van der Waals surface area contributed by atoms with Gasteiger partial charge in [-0.2, -0.15) is 15.5 Å². The number of aromatic nitrogens is 6. The smallest absolute Gasteiger partial charge is 0.256 e. The van der Waals surface area contributed by atoms with Gasteiger partial charge in [-0.1, -0.05) is 0 Å². The first-order valence-electron chi connectivity index (χ1n) is 14.3. The van der Waals surface area contributed by atoms with Crippen molar-refractivity contribution in [2.75, 3.05) is 18.4 Å². The van der Waals surface area contributed by atoms with E-state index in [4.69, 9.17) is 0 Å². The molecular weight excluding hydrogens is 564 g/mol. The second kappa shape index (κ2) is 12.8. The molecule has 1 atom stereocenters. The van der Waals surface area contributed by atoms with Crippen molar-refractivity contribution in [3.8, 4) is 23.0 Å². The minimum Gasteiger partial charge on any atom is -0.339 e. The van der Waals surface area contributed by atoms with Crippen LogP contribution in [0.4, 0.5) is 20.4 Å². The first-order chi connectivity index (χ1) is 21.5. The van der Waals surface area contributed by atoms with E-state index in [1.54, 1.807) is 28.2 Å². The van der Waals surface area contributed by atoms with Gasteiger partial charge in [-0.15, -0.1) is 0 Å². The topological polar surface area (TPSA) is 118 Å². The summed E-state index contributed by atoms with van der Waals surface area (Å²) >= 11 is 0. The number of anilines is 2. The third-order valence-electron chi connectivity index (χ3n) is 7.81. The Morgan fingerprint density at radius 2 is 1.89 bits per heavy atom. The van der Waals surface area contributed by atoms with Gasteiger partial charge in [0.2, 0.25) is 5.95 Å². The molecule has 0 spiro atoms. The average Bonchev–Trinajstić information content (AvgIpc) is 3.75. The quantitative estimate of drug-likeness (QED) is 0.225. The first-order valence-corrected chi connectivity index (χ1v) is 14.3. The fourth-order valence-electron chi connectivity index (χ4n) is 5.48. The average molecular weight is 594 g/mol. The summed E-state index contributed by atoms with van der Waals surface area (Å²) in [6, 6.07) is 16.6. The van der Waals surface area contributed by atoms with Gasteiger partial charge in [0.25, 0.3) is 5.91 Å². The minimum atomic E-state index is -0.854. The molecule has 0 saturated carbocycles. The van der Waals surface area contributed by atoms with Crippen molar-refractivity contribution in [1.82, 2.24) is 34.4 Å². The zero-order chi connectivity index (χ0) is 30.5. The molecule has 1 aliphatic heterocycles. The third-order valence-corrected chi connectivity index (χ3v) is 7.81. The number of benzene rings is 2. The largest absolute Gasteiger partial charge is 0.339 e. The highest BCUT2D eigenvalue weighted by molar-refractivity contribution is 5.94. The number of halogens is 2. The highest BCUT2D eigenvalue weighted by atomic mass is 19.1. The van der Waals surface area contributed by atoms with E-state index < -0.39 is 17.5 Å². The Kier molecular flexibility index (Phi) is 8.36. The van der Waals surface area contributed by atoms with Crippen LogP contribution in [0.1, 0.15) is 42.1 Å². The summed E-state index contributed by atoms with van der Waals surface area (Å²) in [7, 11) is 0. The van der Waals surface area contributed by atoms with Crippen LogP contribution < -0.4 is 5.32 Å². The predicted octanol–water partition coefficient (Wildman–Crippen LogP) is 5.94. The Balaban J connectivity index is 1.08. The summed E-state index contributed by atoms with van der Waals surface area (Å²) in [5.74, 6) is -1.30. The summed E-state index contributed by atoms with van der Waals surface area (Å²) in [6.07, 6.45) is 11.3. The van der Waals surface area contributed by atoms with E-state index in [1.165, 1.54) is 6.07 Å². The molecule has 0 aliphatic carbocycles. The zero-order valence-electron chi connectivity index (χ0n) is 23.7. The van der Waals surface area contributed by atoms with Crippen LogP contribution in [0.5, 0.6) is 0 Å². The molecule has 1 fully saturated rings.